The van der Waals surface area contributed by atoms with Crippen LogP contribution in [0.15, 0.2) is 30.3 Å². The minimum Gasteiger partial charge on any atom is -0.354 e. The first kappa shape index (κ1) is 13.2. The fraction of sp³-hybridized carbons (Fsp3) is 0.188. The van der Waals surface area contributed by atoms with Crippen molar-refractivity contribution in [2.75, 3.05) is 5.32 Å². The van der Waals surface area contributed by atoms with Gasteiger partial charge in [-0.3, -0.25) is 4.79 Å². The van der Waals surface area contributed by atoms with Gasteiger partial charge in [0.25, 0.3) is 0 Å². The van der Waals surface area contributed by atoms with Crippen molar-refractivity contribution in [3.63, 3.8) is 0 Å². The van der Waals surface area contributed by atoms with Crippen LogP contribution in [0.2, 0.25) is 0 Å². The Hall–Kier alpha value is -2.50. The van der Waals surface area contributed by atoms with Crippen LogP contribution in [-0.2, 0) is 17.4 Å². The number of aryl methyl sites for hydroxylation is 1. The number of halogens is 3. The minimum atomic E-state index is -4.36. The Morgan fingerprint density at radius 3 is 2.50 bits per heavy atom. The minimum absolute atomic E-state index is 0.0395. The van der Waals surface area contributed by atoms with Crippen molar-refractivity contribution in [2.45, 2.75) is 19.0 Å². The smallest absolute Gasteiger partial charge is 0.354 e. The van der Waals surface area contributed by atoms with E-state index in [1.807, 2.05) is 6.07 Å². The predicted octanol–water partition coefficient (Wildman–Crippen LogP) is 4.22. The highest BCUT2D eigenvalue weighted by Crippen LogP contribution is 2.36. The molecule has 0 bridgehead atoms. The van der Waals surface area contributed by atoms with Crippen molar-refractivity contribution in [3.05, 3.63) is 41.5 Å². The molecular formula is C16H11F3N2O. The highest BCUT2D eigenvalue weighted by molar-refractivity contribution is 6.09. The number of rotatable bonds is 0. The molecule has 1 amide bonds. The molecule has 0 radical (unpaired) electrons. The zero-order valence-corrected chi connectivity index (χ0v) is 11.3. The van der Waals surface area contributed by atoms with Gasteiger partial charge in [-0.2, -0.15) is 13.2 Å². The number of aromatic amines is 1. The van der Waals surface area contributed by atoms with Gasteiger partial charge in [0.2, 0.25) is 5.91 Å². The predicted molar refractivity (Wildman–Crippen MR) is 77.8 cm³/mol. The number of amides is 1. The maximum absolute atomic E-state index is 12.8. The molecule has 0 saturated heterocycles. The number of carbonyl (C=O) groups is 1. The average Bonchev–Trinajstić information content (AvgIpc) is 2.80. The number of aromatic nitrogens is 1. The van der Waals surface area contributed by atoms with Crippen LogP contribution >= 0.6 is 0 Å². The number of benzene rings is 2. The molecule has 1 aliphatic rings. The third-order valence-corrected chi connectivity index (χ3v) is 4.05. The second-order valence-corrected chi connectivity index (χ2v) is 5.49. The van der Waals surface area contributed by atoms with Gasteiger partial charge in [-0.25, -0.2) is 0 Å². The molecule has 0 spiro atoms. The maximum atomic E-state index is 12.8. The van der Waals surface area contributed by atoms with Gasteiger partial charge in [0, 0.05) is 33.9 Å². The number of anilines is 1. The molecule has 0 unspecified atom stereocenters. The molecule has 112 valence electrons. The Bertz CT molecular complexity index is 924. The summed E-state index contributed by atoms with van der Waals surface area (Å²) >= 11 is 0. The molecular weight excluding hydrogens is 293 g/mol. The SMILES string of the molecule is O=C1CCc2cc3c(cc2N1)[nH]c1cc(C(F)(F)F)ccc13. The van der Waals surface area contributed by atoms with Crippen molar-refractivity contribution in [1.29, 1.82) is 0 Å². The highest BCUT2D eigenvalue weighted by atomic mass is 19.4. The summed E-state index contributed by atoms with van der Waals surface area (Å²) in [5, 5.41) is 4.42. The molecule has 6 heteroatoms. The first-order chi connectivity index (χ1) is 10.4. The summed E-state index contributed by atoms with van der Waals surface area (Å²) in [7, 11) is 0. The van der Waals surface area contributed by atoms with Crippen LogP contribution in [0.3, 0.4) is 0 Å². The summed E-state index contributed by atoms with van der Waals surface area (Å²) in [4.78, 5) is 14.4. The lowest BCUT2D eigenvalue weighted by Crippen LogP contribution is -2.18. The third kappa shape index (κ3) is 1.94. The summed E-state index contributed by atoms with van der Waals surface area (Å²) in [6.07, 6.45) is -3.29. The molecule has 3 aromatic rings. The highest BCUT2D eigenvalue weighted by Gasteiger charge is 2.30. The normalized spacial score (nSPS) is 15.1. The molecule has 2 N–H and O–H groups in total. The number of alkyl halides is 3. The molecule has 0 fully saturated rings. The van der Waals surface area contributed by atoms with E-state index in [1.54, 1.807) is 6.07 Å². The Kier molecular flexibility index (Phi) is 2.55. The van der Waals surface area contributed by atoms with Gasteiger partial charge in [-0.1, -0.05) is 6.07 Å². The lowest BCUT2D eigenvalue weighted by atomic mass is 10.00. The van der Waals surface area contributed by atoms with Gasteiger partial charge in [-0.15, -0.1) is 0 Å². The van der Waals surface area contributed by atoms with E-state index < -0.39 is 11.7 Å². The standard InChI is InChI=1S/C16H11F3N2O/c17-16(18,19)9-2-3-10-11-5-8-1-4-15(22)21-12(8)7-14(11)20-13(10)6-9/h2-3,5-7,20H,1,4H2,(H,21,22). The van der Waals surface area contributed by atoms with Gasteiger partial charge < -0.3 is 10.3 Å². The average molecular weight is 304 g/mol. The maximum Gasteiger partial charge on any atom is 0.416 e. The first-order valence-corrected chi connectivity index (χ1v) is 6.87. The molecule has 4 rings (SSSR count). The van der Waals surface area contributed by atoms with E-state index in [2.05, 4.69) is 10.3 Å². The number of H-pyrrole nitrogens is 1. The first-order valence-electron chi connectivity index (χ1n) is 6.87. The van der Waals surface area contributed by atoms with E-state index >= 15 is 0 Å². The van der Waals surface area contributed by atoms with Gasteiger partial charge in [-0.05, 0) is 36.2 Å². The van der Waals surface area contributed by atoms with Gasteiger partial charge in [0.05, 0.1) is 5.56 Å². The third-order valence-electron chi connectivity index (χ3n) is 4.05. The molecule has 2 heterocycles. The molecule has 0 atom stereocenters. The zero-order chi connectivity index (χ0) is 15.5. The number of fused-ring (bicyclic) bond motifs is 4. The molecule has 1 aliphatic heterocycles. The van der Waals surface area contributed by atoms with Gasteiger partial charge >= 0.3 is 6.18 Å². The molecule has 0 aliphatic carbocycles. The molecule has 3 nitrogen and oxygen atoms in total. The van der Waals surface area contributed by atoms with Crippen LogP contribution in [0.1, 0.15) is 17.5 Å². The quantitative estimate of drug-likeness (QED) is 0.641. The van der Waals surface area contributed by atoms with Crippen molar-refractivity contribution < 1.29 is 18.0 Å². The summed E-state index contributed by atoms with van der Waals surface area (Å²) in [6.45, 7) is 0. The van der Waals surface area contributed by atoms with Crippen LogP contribution in [-0.4, -0.2) is 10.9 Å². The molecule has 0 saturated carbocycles. The largest absolute Gasteiger partial charge is 0.416 e. The molecule has 22 heavy (non-hydrogen) atoms. The Morgan fingerprint density at radius 2 is 1.73 bits per heavy atom. The van der Waals surface area contributed by atoms with Crippen molar-refractivity contribution in [2.24, 2.45) is 0 Å². The van der Waals surface area contributed by atoms with E-state index in [4.69, 9.17) is 0 Å². The topological polar surface area (TPSA) is 44.9 Å². The second kappa shape index (κ2) is 4.25. The van der Waals surface area contributed by atoms with Crippen LogP contribution in [0.5, 0.6) is 0 Å². The Labute approximate surface area is 123 Å². The number of nitrogens with one attached hydrogen (secondary N) is 2. The Morgan fingerprint density at radius 1 is 0.955 bits per heavy atom. The van der Waals surface area contributed by atoms with Crippen molar-refractivity contribution >= 4 is 33.4 Å². The zero-order valence-electron chi connectivity index (χ0n) is 11.3. The van der Waals surface area contributed by atoms with E-state index in [-0.39, 0.29) is 5.91 Å². The monoisotopic (exact) mass is 304 g/mol. The summed E-state index contributed by atoms with van der Waals surface area (Å²) in [5.74, 6) is -0.0395. The van der Waals surface area contributed by atoms with E-state index in [1.165, 1.54) is 6.07 Å². The fourth-order valence-electron chi connectivity index (χ4n) is 2.96. The molecule has 2 aromatic carbocycles. The summed E-state index contributed by atoms with van der Waals surface area (Å²) in [6, 6.07) is 7.43. The molecule has 1 aromatic heterocycles. The number of hydrogen-bond donors (Lipinski definition) is 2. The van der Waals surface area contributed by atoms with Crippen molar-refractivity contribution in [1.82, 2.24) is 4.98 Å². The number of hydrogen-bond acceptors (Lipinski definition) is 1. The fourth-order valence-corrected chi connectivity index (χ4v) is 2.96. The van der Waals surface area contributed by atoms with Crippen LogP contribution in [0, 0.1) is 0 Å². The lowest BCUT2D eigenvalue weighted by Gasteiger charge is -2.16. The number of carbonyl (C=O) groups excluding carboxylic acids is 1. The van der Waals surface area contributed by atoms with E-state index in [0.29, 0.717) is 18.4 Å². The van der Waals surface area contributed by atoms with E-state index in [0.717, 1.165) is 39.7 Å². The van der Waals surface area contributed by atoms with Gasteiger partial charge in [0.15, 0.2) is 0 Å². The Balaban J connectivity index is 1.96. The van der Waals surface area contributed by atoms with Crippen LogP contribution in [0.4, 0.5) is 18.9 Å². The summed E-state index contributed by atoms with van der Waals surface area (Å²) in [5.41, 5.74) is 2.22. The lowest BCUT2D eigenvalue weighted by molar-refractivity contribution is -0.137. The second-order valence-electron chi connectivity index (χ2n) is 5.49. The summed E-state index contributed by atoms with van der Waals surface area (Å²) < 4.78 is 38.4. The van der Waals surface area contributed by atoms with E-state index in [9.17, 15) is 18.0 Å². The van der Waals surface area contributed by atoms with Crippen LogP contribution < -0.4 is 5.32 Å². The van der Waals surface area contributed by atoms with Crippen LogP contribution in [0.25, 0.3) is 21.8 Å². The van der Waals surface area contributed by atoms with Crippen molar-refractivity contribution in [3.8, 4) is 0 Å². The van der Waals surface area contributed by atoms with Gasteiger partial charge in [0.1, 0.15) is 0 Å².